The van der Waals surface area contributed by atoms with Crippen LogP contribution < -0.4 is 29.6 Å². The monoisotopic (exact) mass is 409 g/mol. The molecule has 0 unspecified atom stereocenters. The number of anilines is 2. The van der Waals surface area contributed by atoms with Gasteiger partial charge in [-0.1, -0.05) is 0 Å². The molecule has 0 spiro atoms. The van der Waals surface area contributed by atoms with Crippen LogP contribution in [0.4, 0.5) is 11.4 Å². The Hall–Kier alpha value is -3.14. The van der Waals surface area contributed by atoms with Gasteiger partial charge in [-0.05, 0) is 24.3 Å². The first-order valence-corrected chi connectivity index (χ1v) is 9.92. The van der Waals surface area contributed by atoms with E-state index in [4.69, 9.17) is 18.9 Å². The fourth-order valence-corrected chi connectivity index (χ4v) is 2.77. The van der Waals surface area contributed by atoms with Crippen LogP contribution in [0.5, 0.6) is 23.0 Å². The van der Waals surface area contributed by atoms with Gasteiger partial charge in [-0.3, -0.25) is 0 Å². The van der Waals surface area contributed by atoms with Crippen molar-refractivity contribution in [3.63, 3.8) is 0 Å². The lowest BCUT2D eigenvalue weighted by Crippen LogP contribution is -2.23. The molecule has 2 rings (SSSR count). The van der Waals surface area contributed by atoms with Crippen LogP contribution in [-0.4, -0.2) is 49.1 Å². The van der Waals surface area contributed by atoms with Gasteiger partial charge in [-0.25, -0.2) is 8.42 Å². The maximum absolute atomic E-state index is 11.7. The molecule has 9 nitrogen and oxygen atoms in total. The number of rotatable bonds is 7. The van der Waals surface area contributed by atoms with Crippen molar-refractivity contribution >= 4 is 27.4 Å². The Morgan fingerprint density at radius 1 is 0.750 bits per heavy atom. The summed E-state index contributed by atoms with van der Waals surface area (Å²) in [5.74, 6) is 2.06. The Kier molecular flexibility index (Phi) is 6.94. The van der Waals surface area contributed by atoms with Gasteiger partial charge in [0.15, 0.2) is 23.0 Å². The fourth-order valence-electron chi connectivity index (χ4n) is 2.34. The molecule has 0 aromatic heterocycles. The van der Waals surface area contributed by atoms with E-state index in [0.717, 1.165) is 6.26 Å². The first-order chi connectivity index (χ1) is 13.3. The molecule has 0 amide bonds. The largest absolute Gasteiger partial charge is 0.493 e. The van der Waals surface area contributed by atoms with Crippen LogP contribution >= 0.6 is 0 Å². The summed E-state index contributed by atoms with van der Waals surface area (Å²) in [4.78, 5) is 0. The molecule has 0 aliphatic rings. The number of ether oxygens (including phenoxy) is 4. The highest BCUT2D eigenvalue weighted by Crippen LogP contribution is 2.31. The van der Waals surface area contributed by atoms with E-state index in [1.807, 2.05) is 0 Å². The van der Waals surface area contributed by atoms with E-state index in [9.17, 15) is 8.42 Å². The van der Waals surface area contributed by atoms with E-state index in [0.29, 0.717) is 34.4 Å². The van der Waals surface area contributed by atoms with Crippen molar-refractivity contribution in [1.82, 2.24) is 0 Å². The quantitative estimate of drug-likeness (QED) is 0.531. The molecule has 152 valence electrons. The van der Waals surface area contributed by atoms with Crippen molar-refractivity contribution in [2.75, 3.05) is 45.3 Å². The van der Waals surface area contributed by atoms with Crippen LogP contribution in [0.1, 0.15) is 0 Å². The van der Waals surface area contributed by atoms with E-state index in [1.165, 1.54) is 28.4 Å². The summed E-state index contributed by atoms with van der Waals surface area (Å²) < 4.78 is 48.1. The molecule has 0 fully saturated rings. The Morgan fingerprint density at radius 3 is 1.46 bits per heavy atom. The van der Waals surface area contributed by atoms with Crippen LogP contribution in [0, 0.1) is 0 Å². The minimum atomic E-state index is -3.67. The molecule has 0 heterocycles. The van der Waals surface area contributed by atoms with Crippen molar-refractivity contribution in [3.8, 4) is 23.0 Å². The summed E-state index contributed by atoms with van der Waals surface area (Å²) >= 11 is 0. The molecule has 2 aromatic rings. The van der Waals surface area contributed by atoms with Gasteiger partial charge < -0.3 is 29.6 Å². The molecule has 2 aromatic carbocycles. The standard InChI is InChI=1S/C18H23N3O6S/c1-24-14-8-6-12(10-16(14)26-3)19-18(21-28(5,22)23)20-13-7-9-15(25-2)17(11-13)27-4/h6-11H,1-5H3,(H2,19,20,21). The predicted octanol–water partition coefficient (Wildman–Crippen LogP) is 2.56. The smallest absolute Gasteiger partial charge is 0.253 e. The maximum Gasteiger partial charge on any atom is 0.253 e. The second-order valence-electron chi connectivity index (χ2n) is 5.56. The number of methoxy groups -OCH3 is 4. The minimum Gasteiger partial charge on any atom is -0.493 e. The van der Waals surface area contributed by atoms with Gasteiger partial charge in [-0.2, -0.15) is 0 Å². The van der Waals surface area contributed by atoms with Crippen molar-refractivity contribution in [3.05, 3.63) is 36.4 Å². The summed E-state index contributed by atoms with van der Waals surface area (Å²) in [6.07, 6.45) is 1.000. The number of nitrogens with one attached hydrogen (secondary N) is 2. The molecule has 0 saturated heterocycles. The van der Waals surface area contributed by atoms with Gasteiger partial charge in [-0.15, -0.1) is 4.40 Å². The normalized spacial score (nSPS) is 10.6. The van der Waals surface area contributed by atoms with Crippen LogP contribution in [0.3, 0.4) is 0 Å². The fraction of sp³-hybridized carbons (Fsp3) is 0.278. The van der Waals surface area contributed by atoms with Gasteiger partial charge in [0, 0.05) is 23.5 Å². The molecule has 0 bridgehead atoms. The van der Waals surface area contributed by atoms with Crippen molar-refractivity contribution in [1.29, 1.82) is 0 Å². The number of benzene rings is 2. The Labute approximate surface area is 164 Å². The van der Waals surface area contributed by atoms with Crippen LogP contribution in [-0.2, 0) is 10.0 Å². The Morgan fingerprint density at radius 2 is 1.14 bits per heavy atom. The van der Waals surface area contributed by atoms with E-state index >= 15 is 0 Å². The number of sulfonamides is 1. The van der Waals surface area contributed by atoms with Crippen molar-refractivity contribution in [2.24, 2.45) is 4.40 Å². The summed E-state index contributed by atoms with van der Waals surface area (Å²) in [7, 11) is 2.40. The molecule has 0 atom stereocenters. The van der Waals surface area contributed by atoms with E-state index in [-0.39, 0.29) is 5.96 Å². The zero-order chi connectivity index (χ0) is 20.7. The number of hydrogen-bond acceptors (Lipinski definition) is 6. The molecule has 0 saturated carbocycles. The number of nitrogens with zero attached hydrogens (tertiary/aromatic N) is 1. The van der Waals surface area contributed by atoms with Gasteiger partial charge in [0.05, 0.1) is 34.7 Å². The summed E-state index contributed by atoms with van der Waals surface area (Å²) in [6.45, 7) is 0. The predicted molar refractivity (Wildman–Crippen MR) is 109 cm³/mol. The zero-order valence-electron chi connectivity index (χ0n) is 16.3. The highest BCUT2D eigenvalue weighted by Gasteiger charge is 2.11. The van der Waals surface area contributed by atoms with E-state index in [1.54, 1.807) is 36.4 Å². The lowest BCUT2D eigenvalue weighted by atomic mass is 10.2. The van der Waals surface area contributed by atoms with E-state index in [2.05, 4.69) is 15.0 Å². The molecular weight excluding hydrogens is 386 g/mol. The second-order valence-corrected chi connectivity index (χ2v) is 7.21. The Bertz CT molecular complexity index is 900. The van der Waals surface area contributed by atoms with Crippen LogP contribution in [0.2, 0.25) is 0 Å². The summed E-state index contributed by atoms with van der Waals surface area (Å²) in [5, 5.41) is 5.86. The minimum absolute atomic E-state index is 0.00180. The third-order valence-corrected chi connectivity index (χ3v) is 4.06. The maximum atomic E-state index is 11.7. The van der Waals surface area contributed by atoms with Crippen molar-refractivity contribution in [2.45, 2.75) is 0 Å². The van der Waals surface area contributed by atoms with Gasteiger partial charge in [0.1, 0.15) is 0 Å². The molecule has 0 aliphatic heterocycles. The average Bonchev–Trinajstić information content (AvgIpc) is 2.66. The highest BCUT2D eigenvalue weighted by atomic mass is 32.2. The first-order valence-electron chi connectivity index (χ1n) is 8.07. The van der Waals surface area contributed by atoms with Crippen molar-refractivity contribution < 1.29 is 27.4 Å². The van der Waals surface area contributed by atoms with Gasteiger partial charge in [0.2, 0.25) is 5.96 Å². The zero-order valence-corrected chi connectivity index (χ0v) is 17.1. The molecular formula is C18H23N3O6S. The molecule has 28 heavy (non-hydrogen) atoms. The third-order valence-electron chi connectivity index (χ3n) is 3.55. The van der Waals surface area contributed by atoms with Gasteiger partial charge in [0.25, 0.3) is 10.0 Å². The van der Waals surface area contributed by atoms with Crippen LogP contribution in [0.15, 0.2) is 40.8 Å². The number of hydrogen-bond donors (Lipinski definition) is 2. The first kappa shape index (κ1) is 21.2. The van der Waals surface area contributed by atoms with Crippen LogP contribution in [0.25, 0.3) is 0 Å². The topological polar surface area (TPSA) is 107 Å². The molecule has 10 heteroatoms. The molecule has 2 N–H and O–H groups in total. The average molecular weight is 409 g/mol. The second kappa shape index (κ2) is 9.18. The lowest BCUT2D eigenvalue weighted by molar-refractivity contribution is 0.355. The van der Waals surface area contributed by atoms with Gasteiger partial charge >= 0.3 is 0 Å². The number of guanidine groups is 1. The lowest BCUT2D eigenvalue weighted by Gasteiger charge is -2.15. The molecule has 0 radical (unpaired) electrons. The SMILES string of the molecule is COc1ccc(NC(=NS(C)(=O)=O)Nc2ccc(OC)c(OC)c2)cc1OC. The van der Waals surface area contributed by atoms with E-state index < -0.39 is 10.0 Å². The summed E-state index contributed by atoms with van der Waals surface area (Å²) in [5.41, 5.74) is 1.10. The third kappa shape index (κ3) is 5.68. The summed E-state index contributed by atoms with van der Waals surface area (Å²) in [6, 6.07) is 10.1. The Balaban J connectivity index is 2.35. The molecule has 0 aliphatic carbocycles. The highest BCUT2D eigenvalue weighted by molar-refractivity contribution is 7.89.